The Morgan fingerprint density at radius 1 is 1.35 bits per heavy atom. The van der Waals surface area contributed by atoms with Gasteiger partial charge in [0.05, 0.1) is 11.4 Å². The third kappa shape index (κ3) is 2.14. The minimum Gasteiger partial charge on any atom is -0.396 e. The Morgan fingerprint density at radius 2 is 2.15 bits per heavy atom. The number of rotatable bonds is 2. The topological polar surface area (TPSA) is 68.0 Å². The molecule has 0 atom stereocenters. The first kappa shape index (κ1) is 13.0. The molecule has 1 amide bonds. The fraction of sp³-hybridized carbons (Fsp3) is 0.231. The van der Waals surface area contributed by atoms with Gasteiger partial charge in [0, 0.05) is 4.88 Å². The average Bonchev–Trinajstić information content (AvgIpc) is 2.95. The highest BCUT2D eigenvalue weighted by atomic mass is 32.1. The van der Waals surface area contributed by atoms with Gasteiger partial charge in [-0.15, -0.1) is 11.3 Å². The van der Waals surface area contributed by atoms with Crippen molar-refractivity contribution < 1.29 is 13.6 Å². The number of carbonyl (C=O) groups excluding carboxylic acids is 1. The number of nitrogens with zero attached hydrogens (tertiary/aromatic N) is 1. The molecule has 2 aromatic rings. The maximum Gasteiger partial charge on any atom is 0.263 e. The maximum atomic E-state index is 13.7. The molecule has 0 fully saturated rings. The number of anilines is 2. The summed E-state index contributed by atoms with van der Waals surface area (Å²) in [4.78, 5) is 17.3. The Labute approximate surface area is 117 Å². The number of amides is 1. The molecule has 0 aliphatic heterocycles. The standard InChI is InChI=1S/C13H11F2N3OS/c14-6-4-5-7(16)11(15)10(6)12(19)18-13-17-8-2-1-3-9(8)20-13/h4-5H,1-3,16H2,(H,17,18,19). The summed E-state index contributed by atoms with van der Waals surface area (Å²) in [5.41, 5.74) is 5.36. The third-order valence-electron chi connectivity index (χ3n) is 3.16. The summed E-state index contributed by atoms with van der Waals surface area (Å²) in [5.74, 6) is -2.87. The SMILES string of the molecule is Nc1ccc(F)c(C(=O)Nc2nc3c(s2)CCC3)c1F. The van der Waals surface area contributed by atoms with E-state index in [-0.39, 0.29) is 5.69 Å². The van der Waals surface area contributed by atoms with E-state index < -0.39 is 23.1 Å². The van der Waals surface area contributed by atoms with Crippen LogP contribution in [0.3, 0.4) is 0 Å². The van der Waals surface area contributed by atoms with Gasteiger partial charge in [-0.3, -0.25) is 10.1 Å². The molecular weight excluding hydrogens is 284 g/mol. The first-order valence-corrected chi connectivity index (χ1v) is 6.91. The molecular formula is C13H11F2N3OS. The zero-order valence-electron chi connectivity index (χ0n) is 10.4. The molecule has 3 N–H and O–H groups in total. The van der Waals surface area contributed by atoms with Crippen LogP contribution in [-0.2, 0) is 12.8 Å². The van der Waals surface area contributed by atoms with E-state index in [1.165, 1.54) is 11.3 Å². The summed E-state index contributed by atoms with van der Waals surface area (Å²) in [7, 11) is 0. The van der Waals surface area contributed by atoms with E-state index in [2.05, 4.69) is 10.3 Å². The van der Waals surface area contributed by atoms with Crippen LogP contribution in [-0.4, -0.2) is 10.9 Å². The number of nitrogens with two attached hydrogens (primary N) is 1. The fourth-order valence-electron chi connectivity index (χ4n) is 2.18. The molecule has 0 saturated heterocycles. The van der Waals surface area contributed by atoms with Crippen molar-refractivity contribution in [3.8, 4) is 0 Å². The highest BCUT2D eigenvalue weighted by molar-refractivity contribution is 7.16. The second-order valence-electron chi connectivity index (χ2n) is 4.52. The van der Waals surface area contributed by atoms with E-state index in [1.807, 2.05) is 0 Å². The van der Waals surface area contributed by atoms with Crippen LogP contribution in [0.5, 0.6) is 0 Å². The number of thiazole rings is 1. The number of hydrogen-bond donors (Lipinski definition) is 2. The van der Waals surface area contributed by atoms with E-state index in [9.17, 15) is 13.6 Å². The van der Waals surface area contributed by atoms with Gasteiger partial charge in [0.15, 0.2) is 10.9 Å². The molecule has 0 saturated carbocycles. The van der Waals surface area contributed by atoms with E-state index in [0.29, 0.717) is 5.13 Å². The molecule has 1 aromatic carbocycles. The lowest BCUT2D eigenvalue weighted by molar-refractivity contribution is 0.101. The number of nitrogens with one attached hydrogen (secondary N) is 1. The first-order valence-electron chi connectivity index (χ1n) is 6.09. The predicted octanol–water partition coefficient (Wildman–Crippen LogP) is 2.74. The molecule has 0 radical (unpaired) electrons. The summed E-state index contributed by atoms with van der Waals surface area (Å²) in [6, 6.07) is 2.05. The molecule has 0 bridgehead atoms. The van der Waals surface area contributed by atoms with Crippen molar-refractivity contribution in [2.45, 2.75) is 19.3 Å². The zero-order chi connectivity index (χ0) is 14.3. The highest BCUT2D eigenvalue weighted by Gasteiger charge is 2.22. The number of halogens is 2. The fourth-order valence-corrected chi connectivity index (χ4v) is 3.23. The van der Waals surface area contributed by atoms with Crippen LogP contribution in [0.4, 0.5) is 19.6 Å². The summed E-state index contributed by atoms with van der Waals surface area (Å²) >= 11 is 1.34. The second-order valence-corrected chi connectivity index (χ2v) is 5.61. The van der Waals surface area contributed by atoms with Gasteiger partial charge < -0.3 is 5.73 Å². The van der Waals surface area contributed by atoms with E-state index in [1.54, 1.807) is 0 Å². The van der Waals surface area contributed by atoms with E-state index in [4.69, 9.17) is 5.73 Å². The van der Waals surface area contributed by atoms with Crippen molar-refractivity contribution in [1.29, 1.82) is 0 Å². The lowest BCUT2D eigenvalue weighted by Crippen LogP contribution is -2.16. The van der Waals surface area contributed by atoms with Crippen LogP contribution in [0.15, 0.2) is 12.1 Å². The van der Waals surface area contributed by atoms with Crippen LogP contribution in [0.1, 0.15) is 27.3 Å². The second kappa shape index (κ2) is 4.82. The lowest BCUT2D eigenvalue weighted by Gasteiger charge is -2.06. The molecule has 4 nitrogen and oxygen atoms in total. The van der Waals surface area contributed by atoms with Crippen molar-refractivity contribution in [3.63, 3.8) is 0 Å². The van der Waals surface area contributed by atoms with Gasteiger partial charge in [-0.2, -0.15) is 0 Å². The lowest BCUT2D eigenvalue weighted by atomic mass is 10.1. The molecule has 0 spiro atoms. The number of fused-ring (bicyclic) bond motifs is 1. The van der Waals surface area contributed by atoms with E-state index in [0.717, 1.165) is 42.0 Å². The van der Waals surface area contributed by atoms with Gasteiger partial charge >= 0.3 is 0 Å². The monoisotopic (exact) mass is 295 g/mol. The summed E-state index contributed by atoms with van der Waals surface area (Å²) in [6.07, 6.45) is 2.87. The Balaban J connectivity index is 1.88. The van der Waals surface area contributed by atoms with Gasteiger partial charge in [0.2, 0.25) is 0 Å². The smallest absolute Gasteiger partial charge is 0.263 e. The van der Waals surface area contributed by atoms with Gasteiger partial charge in [0.25, 0.3) is 5.91 Å². The highest BCUT2D eigenvalue weighted by Crippen LogP contribution is 2.31. The van der Waals surface area contributed by atoms with Crippen LogP contribution in [0.25, 0.3) is 0 Å². The molecule has 3 rings (SSSR count). The summed E-state index contributed by atoms with van der Waals surface area (Å²) in [6.45, 7) is 0. The number of carbonyl (C=O) groups is 1. The molecule has 1 heterocycles. The van der Waals surface area contributed by atoms with Gasteiger partial charge in [0.1, 0.15) is 11.4 Å². The van der Waals surface area contributed by atoms with E-state index >= 15 is 0 Å². The van der Waals surface area contributed by atoms with Crippen LogP contribution in [0, 0.1) is 11.6 Å². The molecule has 7 heteroatoms. The summed E-state index contributed by atoms with van der Waals surface area (Å²) < 4.78 is 27.3. The molecule has 0 unspecified atom stereocenters. The van der Waals surface area contributed by atoms with Crippen molar-refractivity contribution in [1.82, 2.24) is 4.98 Å². The van der Waals surface area contributed by atoms with Gasteiger partial charge in [-0.25, -0.2) is 13.8 Å². The van der Waals surface area contributed by atoms with Crippen molar-refractivity contribution >= 4 is 28.1 Å². The Morgan fingerprint density at radius 3 is 2.90 bits per heavy atom. The number of nitrogen functional groups attached to an aromatic ring is 1. The Kier molecular flexibility index (Phi) is 3.13. The number of benzene rings is 1. The predicted molar refractivity (Wildman–Crippen MR) is 72.9 cm³/mol. The number of hydrogen-bond acceptors (Lipinski definition) is 4. The van der Waals surface area contributed by atoms with Crippen LogP contribution in [0.2, 0.25) is 0 Å². The third-order valence-corrected chi connectivity index (χ3v) is 4.24. The number of aromatic nitrogens is 1. The largest absolute Gasteiger partial charge is 0.396 e. The Bertz CT molecular complexity index is 678. The normalized spacial score (nSPS) is 13.3. The first-order chi connectivity index (χ1) is 9.56. The van der Waals surface area contributed by atoms with Gasteiger partial charge in [-0.1, -0.05) is 0 Å². The quantitative estimate of drug-likeness (QED) is 0.837. The van der Waals surface area contributed by atoms with Gasteiger partial charge in [-0.05, 0) is 31.4 Å². The molecule has 1 aliphatic carbocycles. The molecule has 104 valence electrons. The van der Waals surface area contributed by atoms with Crippen molar-refractivity contribution in [2.24, 2.45) is 0 Å². The minimum atomic E-state index is -1.05. The van der Waals surface area contributed by atoms with Crippen molar-refractivity contribution in [2.75, 3.05) is 11.1 Å². The number of aryl methyl sites for hydroxylation is 2. The zero-order valence-corrected chi connectivity index (χ0v) is 11.2. The molecule has 20 heavy (non-hydrogen) atoms. The summed E-state index contributed by atoms with van der Waals surface area (Å²) in [5, 5.41) is 2.79. The van der Waals surface area contributed by atoms with Crippen LogP contribution < -0.4 is 11.1 Å². The van der Waals surface area contributed by atoms with Crippen molar-refractivity contribution in [3.05, 3.63) is 39.9 Å². The Hall–Kier alpha value is -2.02. The average molecular weight is 295 g/mol. The molecule has 1 aromatic heterocycles. The van der Waals surface area contributed by atoms with Crippen LogP contribution >= 0.6 is 11.3 Å². The maximum absolute atomic E-state index is 13.7. The minimum absolute atomic E-state index is 0.266. The molecule has 1 aliphatic rings.